The SMILES string of the molecule is CCn1ccccc1=NC(=O)C1=C(O)c2ccccc2S(=O)(=O)N1C. The fourth-order valence-corrected chi connectivity index (χ4v) is 4.05. The van der Waals surface area contributed by atoms with Gasteiger partial charge in [0.15, 0.2) is 11.5 Å². The van der Waals surface area contributed by atoms with Gasteiger partial charge in [0.25, 0.3) is 15.9 Å². The summed E-state index contributed by atoms with van der Waals surface area (Å²) in [4.78, 5) is 16.6. The molecule has 1 aromatic carbocycles. The van der Waals surface area contributed by atoms with Crippen LogP contribution in [-0.2, 0) is 21.4 Å². The Morgan fingerprint density at radius 3 is 2.56 bits per heavy atom. The molecule has 8 heteroatoms. The first kappa shape index (κ1) is 17.0. The minimum atomic E-state index is -3.93. The predicted octanol–water partition coefficient (Wildman–Crippen LogP) is 1.50. The predicted molar refractivity (Wildman–Crippen MR) is 91.6 cm³/mol. The Labute approximate surface area is 145 Å². The van der Waals surface area contributed by atoms with Gasteiger partial charge in [0.2, 0.25) is 0 Å². The fraction of sp³-hybridized carbons (Fsp3) is 0.176. The summed E-state index contributed by atoms with van der Waals surface area (Å²) in [6, 6.07) is 11.2. The van der Waals surface area contributed by atoms with Crippen LogP contribution in [0.1, 0.15) is 12.5 Å². The lowest BCUT2D eigenvalue weighted by molar-refractivity contribution is -0.115. The summed E-state index contributed by atoms with van der Waals surface area (Å²) in [5.41, 5.74) is 0.0979. The van der Waals surface area contributed by atoms with Gasteiger partial charge in [-0.05, 0) is 31.2 Å². The lowest BCUT2D eigenvalue weighted by atomic mass is 10.1. The number of benzene rings is 1. The lowest BCUT2D eigenvalue weighted by Crippen LogP contribution is -2.35. The molecule has 0 aliphatic carbocycles. The number of sulfonamides is 1. The van der Waals surface area contributed by atoms with E-state index >= 15 is 0 Å². The lowest BCUT2D eigenvalue weighted by Gasteiger charge is -2.27. The van der Waals surface area contributed by atoms with Crippen LogP contribution in [0.25, 0.3) is 5.76 Å². The smallest absolute Gasteiger partial charge is 0.300 e. The molecule has 2 heterocycles. The van der Waals surface area contributed by atoms with E-state index in [-0.39, 0.29) is 16.2 Å². The van der Waals surface area contributed by atoms with Gasteiger partial charge in [-0.2, -0.15) is 4.99 Å². The average Bonchev–Trinajstić information content (AvgIpc) is 2.61. The Morgan fingerprint density at radius 1 is 1.16 bits per heavy atom. The van der Waals surface area contributed by atoms with Gasteiger partial charge in [0.1, 0.15) is 5.49 Å². The van der Waals surface area contributed by atoms with Gasteiger partial charge in [0, 0.05) is 25.4 Å². The molecule has 0 radical (unpaired) electrons. The van der Waals surface area contributed by atoms with Crippen molar-refractivity contribution in [2.24, 2.45) is 4.99 Å². The van der Waals surface area contributed by atoms with Crippen molar-refractivity contribution in [2.45, 2.75) is 18.4 Å². The van der Waals surface area contributed by atoms with Crippen LogP contribution < -0.4 is 5.49 Å². The molecule has 130 valence electrons. The van der Waals surface area contributed by atoms with Crippen molar-refractivity contribution in [2.75, 3.05) is 7.05 Å². The van der Waals surface area contributed by atoms with E-state index in [0.717, 1.165) is 4.31 Å². The highest BCUT2D eigenvalue weighted by molar-refractivity contribution is 7.89. The Morgan fingerprint density at radius 2 is 1.84 bits per heavy atom. The Hall–Kier alpha value is -2.87. The van der Waals surface area contributed by atoms with Crippen LogP contribution in [0.15, 0.2) is 64.2 Å². The van der Waals surface area contributed by atoms with Crippen molar-refractivity contribution >= 4 is 21.7 Å². The van der Waals surface area contributed by atoms with E-state index in [9.17, 15) is 18.3 Å². The highest BCUT2D eigenvalue weighted by Crippen LogP contribution is 2.34. The van der Waals surface area contributed by atoms with Crippen LogP contribution in [0.3, 0.4) is 0 Å². The van der Waals surface area contributed by atoms with E-state index in [0.29, 0.717) is 12.0 Å². The third-order valence-corrected chi connectivity index (χ3v) is 5.81. The monoisotopic (exact) mass is 359 g/mol. The number of nitrogens with zero attached hydrogens (tertiary/aromatic N) is 3. The molecule has 0 fully saturated rings. The summed E-state index contributed by atoms with van der Waals surface area (Å²) < 4.78 is 27.8. The fourth-order valence-electron chi connectivity index (χ4n) is 2.66. The van der Waals surface area contributed by atoms with Gasteiger partial charge >= 0.3 is 0 Å². The number of aromatic nitrogens is 1. The Kier molecular flexibility index (Phi) is 4.22. The molecule has 0 saturated heterocycles. The summed E-state index contributed by atoms with van der Waals surface area (Å²) >= 11 is 0. The van der Waals surface area contributed by atoms with E-state index in [2.05, 4.69) is 4.99 Å². The maximum absolute atomic E-state index is 12.7. The summed E-state index contributed by atoms with van der Waals surface area (Å²) in [6.07, 6.45) is 1.76. The van der Waals surface area contributed by atoms with Crippen molar-refractivity contribution in [3.63, 3.8) is 0 Å². The summed E-state index contributed by atoms with van der Waals surface area (Å²) in [6.45, 7) is 2.49. The number of amides is 1. The van der Waals surface area contributed by atoms with Crippen molar-refractivity contribution in [1.82, 2.24) is 8.87 Å². The second kappa shape index (κ2) is 6.21. The number of pyridine rings is 1. The van der Waals surface area contributed by atoms with Crippen LogP contribution >= 0.6 is 0 Å². The second-order valence-electron chi connectivity index (χ2n) is 5.43. The topological polar surface area (TPSA) is 92.0 Å². The van der Waals surface area contributed by atoms with Crippen LogP contribution in [-0.4, -0.2) is 35.4 Å². The minimum Gasteiger partial charge on any atom is -0.505 e. The molecule has 1 aromatic heterocycles. The molecule has 25 heavy (non-hydrogen) atoms. The van der Waals surface area contributed by atoms with Crippen LogP contribution in [0.2, 0.25) is 0 Å². The van der Waals surface area contributed by atoms with E-state index in [1.54, 1.807) is 41.1 Å². The molecule has 0 saturated carbocycles. The Balaban J connectivity index is 2.21. The molecule has 0 bridgehead atoms. The number of aryl methyl sites for hydroxylation is 1. The van der Waals surface area contributed by atoms with Gasteiger partial charge in [-0.25, -0.2) is 8.42 Å². The van der Waals surface area contributed by atoms with Crippen LogP contribution in [0.5, 0.6) is 0 Å². The van der Waals surface area contributed by atoms with Gasteiger partial charge in [-0.3, -0.25) is 9.10 Å². The first-order chi connectivity index (χ1) is 11.9. The summed E-state index contributed by atoms with van der Waals surface area (Å²) in [5, 5.41) is 10.5. The molecule has 1 amide bonds. The Bertz CT molecular complexity index is 1050. The molecule has 0 spiro atoms. The largest absolute Gasteiger partial charge is 0.505 e. The molecule has 1 aliphatic rings. The number of rotatable bonds is 2. The minimum absolute atomic E-state index is 0.0464. The van der Waals surface area contributed by atoms with E-state index in [1.807, 2.05) is 6.92 Å². The zero-order valence-electron chi connectivity index (χ0n) is 13.7. The van der Waals surface area contributed by atoms with E-state index < -0.39 is 21.7 Å². The van der Waals surface area contributed by atoms with Crippen molar-refractivity contribution < 1.29 is 18.3 Å². The number of likely N-dealkylation sites (N-methyl/N-ethyl adjacent to an activating group) is 1. The molecule has 2 aromatic rings. The van der Waals surface area contributed by atoms with Gasteiger partial charge in [-0.1, -0.05) is 18.2 Å². The zero-order valence-corrected chi connectivity index (χ0v) is 14.6. The number of aliphatic hydroxyl groups excluding tert-OH is 1. The first-order valence-electron chi connectivity index (χ1n) is 7.64. The molecule has 0 atom stereocenters. The summed E-state index contributed by atoms with van der Waals surface area (Å²) in [7, 11) is -2.70. The molecule has 0 unspecified atom stereocenters. The van der Waals surface area contributed by atoms with E-state index in [1.165, 1.54) is 19.2 Å². The number of aliphatic hydroxyl groups is 1. The molecule has 7 nitrogen and oxygen atoms in total. The van der Waals surface area contributed by atoms with Crippen LogP contribution in [0, 0.1) is 0 Å². The number of carbonyl (C=O) groups is 1. The number of fused-ring (bicyclic) bond motifs is 1. The van der Waals surface area contributed by atoms with Gasteiger partial charge < -0.3 is 9.67 Å². The maximum Gasteiger partial charge on any atom is 0.300 e. The normalized spacial score (nSPS) is 16.7. The van der Waals surface area contributed by atoms with Crippen molar-refractivity contribution in [1.29, 1.82) is 0 Å². The standard InChI is InChI=1S/C17H17N3O4S/c1-3-20-11-7-6-10-14(20)18-17(22)15-16(21)12-8-4-5-9-13(12)25(23,24)19(15)2/h4-11,21H,3H2,1-2H3. The van der Waals surface area contributed by atoms with Crippen molar-refractivity contribution in [3.05, 3.63) is 65.4 Å². The summed E-state index contributed by atoms with van der Waals surface area (Å²) in [5.74, 6) is -1.23. The highest BCUT2D eigenvalue weighted by Gasteiger charge is 2.37. The third-order valence-electron chi connectivity index (χ3n) is 4.00. The highest BCUT2D eigenvalue weighted by atomic mass is 32.2. The van der Waals surface area contributed by atoms with Crippen LogP contribution in [0.4, 0.5) is 0 Å². The van der Waals surface area contributed by atoms with Gasteiger partial charge in [-0.15, -0.1) is 0 Å². The molecular formula is C17H17N3O4S. The zero-order chi connectivity index (χ0) is 18.2. The molecule has 3 rings (SSSR count). The quantitative estimate of drug-likeness (QED) is 0.879. The molecule has 1 N–H and O–H groups in total. The molecule has 1 aliphatic heterocycles. The van der Waals surface area contributed by atoms with Gasteiger partial charge in [0.05, 0.1) is 4.90 Å². The van der Waals surface area contributed by atoms with Crippen molar-refractivity contribution in [3.8, 4) is 0 Å². The number of carbonyl (C=O) groups excluding carboxylic acids is 1. The maximum atomic E-state index is 12.7. The number of hydrogen-bond donors (Lipinski definition) is 1. The second-order valence-corrected chi connectivity index (χ2v) is 7.37. The third kappa shape index (κ3) is 2.74. The average molecular weight is 359 g/mol. The first-order valence-corrected chi connectivity index (χ1v) is 9.08. The van der Waals surface area contributed by atoms with E-state index in [4.69, 9.17) is 0 Å². The number of hydrogen-bond acceptors (Lipinski definition) is 4. The molecular weight excluding hydrogens is 342 g/mol.